The van der Waals surface area contributed by atoms with Gasteiger partial charge in [-0.25, -0.2) is 0 Å². The van der Waals surface area contributed by atoms with Crippen molar-refractivity contribution in [2.75, 3.05) is 18.5 Å². The van der Waals surface area contributed by atoms with Crippen LogP contribution in [0.3, 0.4) is 0 Å². The minimum Gasteiger partial charge on any atom is -0.377 e. The molecule has 2 rings (SSSR count). The molecule has 1 aromatic rings. The predicted molar refractivity (Wildman–Crippen MR) is 77.3 cm³/mol. The lowest BCUT2D eigenvalue weighted by molar-refractivity contribution is -0.247. The second-order valence-corrected chi connectivity index (χ2v) is 6.21. The zero-order valence-electron chi connectivity index (χ0n) is 10.7. The third-order valence-electron chi connectivity index (χ3n) is 2.87. The van der Waals surface area contributed by atoms with Gasteiger partial charge in [0.2, 0.25) is 0 Å². The maximum Gasteiger partial charge on any atom is 0.162 e. The average molecular weight is 335 g/mol. The van der Waals surface area contributed by atoms with E-state index >= 15 is 0 Å². The van der Waals surface area contributed by atoms with Gasteiger partial charge in [0.1, 0.15) is 0 Å². The summed E-state index contributed by atoms with van der Waals surface area (Å²) in [5, 5.41) is 4.12. The summed E-state index contributed by atoms with van der Waals surface area (Å²) in [6, 6.07) is 4.05. The highest BCUT2D eigenvalue weighted by atomic mass is 79.9. The molecular weight excluding hydrogens is 318 g/mol. The normalized spacial score (nSPS) is 19.8. The number of halogens is 2. The molecule has 0 unspecified atom stereocenters. The van der Waals surface area contributed by atoms with Crippen LogP contribution in [0.5, 0.6) is 0 Å². The lowest BCUT2D eigenvalue weighted by Gasteiger charge is -2.35. The zero-order valence-corrected chi connectivity index (χ0v) is 13.1. The van der Waals surface area contributed by atoms with Crippen molar-refractivity contribution in [2.45, 2.75) is 32.6 Å². The van der Waals surface area contributed by atoms with E-state index in [1.54, 1.807) is 0 Å². The second-order valence-electron chi connectivity index (χ2n) is 4.94. The Labute approximate surface area is 121 Å². The van der Waals surface area contributed by atoms with E-state index in [0.717, 1.165) is 20.7 Å². The van der Waals surface area contributed by atoms with E-state index in [4.69, 9.17) is 21.1 Å². The fourth-order valence-electron chi connectivity index (χ4n) is 1.75. The lowest BCUT2D eigenvalue weighted by atomic mass is 10.2. The largest absolute Gasteiger partial charge is 0.377 e. The van der Waals surface area contributed by atoms with Crippen LogP contribution in [0.25, 0.3) is 0 Å². The summed E-state index contributed by atoms with van der Waals surface area (Å²) in [5.41, 5.74) is 2.01. The molecule has 1 aliphatic rings. The van der Waals surface area contributed by atoms with Gasteiger partial charge in [0.05, 0.1) is 24.9 Å². The van der Waals surface area contributed by atoms with E-state index in [2.05, 4.69) is 21.2 Å². The number of rotatable bonds is 2. The van der Waals surface area contributed by atoms with Crippen molar-refractivity contribution in [3.63, 3.8) is 0 Å². The third kappa shape index (κ3) is 3.38. The van der Waals surface area contributed by atoms with Gasteiger partial charge in [-0.15, -0.1) is 0 Å². The molecule has 0 spiro atoms. The number of anilines is 1. The van der Waals surface area contributed by atoms with Gasteiger partial charge >= 0.3 is 0 Å². The first kappa shape index (κ1) is 14.1. The van der Waals surface area contributed by atoms with E-state index in [0.29, 0.717) is 13.2 Å². The number of hydrogen-bond acceptors (Lipinski definition) is 3. The number of ether oxygens (including phenoxy) is 2. The van der Waals surface area contributed by atoms with Gasteiger partial charge in [-0.05, 0) is 54.4 Å². The summed E-state index contributed by atoms with van der Waals surface area (Å²) < 4.78 is 12.2. The fourth-order valence-corrected chi connectivity index (χ4v) is 2.49. The molecule has 1 saturated heterocycles. The smallest absolute Gasteiger partial charge is 0.162 e. The SMILES string of the molecule is Cc1cc(Br)c(NC2COC(C)(C)OC2)cc1Cl. The van der Waals surface area contributed by atoms with Crippen molar-refractivity contribution in [3.05, 3.63) is 27.2 Å². The highest BCUT2D eigenvalue weighted by Gasteiger charge is 2.28. The first-order chi connectivity index (χ1) is 8.37. The fraction of sp³-hybridized carbons (Fsp3) is 0.538. The molecule has 0 amide bonds. The second kappa shape index (κ2) is 5.37. The van der Waals surface area contributed by atoms with Gasteiger partial charge in [0.25, 0.3) is 0 Å². The van der Waals surface area contributed by atoms with Crippen LogP contribution in [-0.2, 0) is 9.47 Å². The Morgan fingerprint density at radius 2 is 1.94 bits per heavy atom. The average Bonchev–Trinajstić information content (AvgIpc) is 2.28. The monoisotopic (exact) mass is 333 g/mol. The van der Waals surface area contributed by atoms with Crippen molar-refractivity contribution in [3.8, 4) is 0 Å². The maximum atomic E-state index is 6.13. The molecule has 18 heavy (non-hydrogen) atoms. The Hall–Kier alpha value is -0.290. The van der Waals surface area contributed by atoms with Crippen molar-refractivity contribution in [1.82, 2.24) is 0 Å². The number of benzene rings is 1. The number of aryl methyl sites for hydroxylation is 1. The Balaban J connectivity index is 2.04. The first-order valence-electron chi connectivity index (χ1n) is 5.87. The Kier molecular flexibility index (Phi) is 4.22. The predicted octanol–water partition coefficient (Wildman–Crippen LogP) is 3.97. The van der Waals surface area contributed by atoms with Crippen molar-refractivity contribution in [2.24, 2.45) is 0 Å². The topological polar surface area (TPSA) is 30.5 Å². The summed E-state index contributed by atoms with van der Waals surface area (Å²) in [7, 11) is 0. The van der Waals surface area contributed by atoms with Crippen molar-refractivity contribution in [1.29, 1.82) is 0 Å². The third-order valence-corrected chi connectivity index (χ3v) is 3.94. The minimum absolute atomic E-state index is 0.132. The van der Waals surface area contributed by atoms with Crippen molar-refractivity contribution < 1.29 is 9.47 Å². The van der Waals surface area contributed by atoms with Crippen LogP contribution in [-0.4, -0.2) is 25.0 Å². The Morgan fingerprint density at radius 3 is 2.56 bits per heavy atom. The molecule has 1 aliphatic heterocycles. The molecule has 1 fully saturated rings. The minimum atomic E-state index is -0.486. The van der Waals surface area contributed by atoms with Crippen LogP contribution in [0.15, 0.2) is 16.6 Å². The summed E-state index contributed by atoms with van der Waals surface area (Å²) in [6.45, 7) is 7.05. The lowest BCUT2D eigenvalue weighted by Crippen LogP contribution is -2.45. The van der Waals surface area contributed by atoms with Gasteiger partial charge in [0.15, 0.2) is 5.79 Å². The summed E-state index contributed by atoms with van der Waals surface area (Å²) >= 11 is 9.65. The van der Waals surface area contributed by atoms with Crippen molar-refractivity contribution >= 4 is 33.2 Å². The molecule has 1 heterocycles. The van der Waals surface area contributed by atoms with E-state index in [1.165, 1.54) is 0 Å². The van der Waals surface area contributed by atoms with Gasteiger partial charge in [-0.2, -0.15) is 0 Å². The molecular formula is C13H17BrClNO2. The number of nitrogens with one attached hydrogen (secondary N) is 1. The van der Waals surface area contributed by atoms with Crippen LogP contribution in [0.2, 0.25) is 5.02 Å². The van der Waals surface area contributed by atoms with Gasteiger partial charge in [0, 0.05) is 9.50 Å². The molecule has 0 atom stereocenters. The first-order valence-corrected chi connectivity index (χ1v) is 7.04. The molecule has 0 bridgehead atoms. The summed E-state index contributed by atoms with van der Waals surface area (Å²) in [4.78, 5) is 0. The molecule has 0 aliphatic carbocycles. The highest BCUT2D eigenvalue weighted by molar-refractivity contribution is 9.10. The molecule has 0 saturated carbocycles. The molecule has 0 aromatic heterocycles. The molecule has 1 aromatic carbocycles. The van der Waals surface area contributed by atoms with Crippen LogP contribution in [0.4, 0.5) is 5.69 Å². The molecule has 100 valence electrons. The summed E-state index contributed by atoms with van der Waals surface area (Å²) in [6.07, 6.45) is 0. The van der Waals surface area contributed by atoms with E-state index < -0.39 is 5.79 Å². The van der Waals surface area contributed by atoms with Gasteiger partial charge < -0.3 is 14.8 Å². The standard InChI is InChI=1S/C13H17BrClNO2/c1-8-4-10(14)12(5-11(8)15)16-9-6-17-13(2,3)18-7-9/h4-5,9,16H,6-7H2,1-3H3. The molecule has 1 N–H and O–H groups in total. The molecule has 5 heteroatoms. The van der Waals surface area contributed by atoms with Crippen LogP contribution in [0, 0.1) is 6.92 Å². The maximum absolute atomic E-state index is 6.13. The van der Waals surface area contributed by atoms with Gasteiger partial charge in [-0.1, -0.05) is 11.6 Å². The molecule has 0 radical (unpaired) electrons. The van der Waals surface area contributed by atoms with Crippen LogP contribution >= 0.6 is 27.5 Å². The van der Waals surface area contributed by atoms with E-state index in [9.17, 15) is 0 Å². The highest BCUT2D eigenvalue weighted by Crippen LogP contribution is 2.30. The van der Waals surface area contributed by atoms with E-state index in [-0.39, 0.29) is 6.04 Å². The quantitative estimate of drug-likeness (QED) is 0.887. The Bertz CT molecular complexity index is 441. The van der Waals surface area contributed by atoms with Crippen LogP contribution in [0.1, 0.15) is 19.4 Å². The Morgan fingerprint density at radius 1 is 1.33 bits per heavy atom. The van der Waals surface area contributed by atoms with E-state index in [1.807, 2.05) is 32.9 Å². The number of hydrogen-bond donors (Lipinski definition) is 1. The molecule has 3 nitrogen and oxygen atoms in total. The zero-order chi connectivity index (χ0) is 13.3. The van der Waals surface area contributed by atoms with Crippen LogP contribution < -0.4 is 5.32 Å². The van der Waals surface area contributed by atoms with Gasteiger partial charge in [-0.3, -0.25) is 0 Å². The summed E-state index contributed by atoms with van der Waals surface area (Å²) in [5.74, 6) is -0.486.